The highest BCUT2D eigenvalue weighted by Gasteiger charge is 1.96. The summed E-state index contributed by atoms with van der Waals surface area (Å²) in [6.07, 6.45) is 1.04. The first kappa shape index (κ1) is 15.0. The summed E-state index contributed by atoms with van der Waals surface area (Å²) in [7, 11) is 1.71. The van der Waals surface area contributed by atoms with Gasteiger partial charge in [-0.1, -0.05) is 26.0 Å². The number of nitrogens with one attached hydrogen (secondary N) is 2. The Bertz CT molecular complexity index is 326. The molecule has 0 radical (unpaired) electrons. The van der Waals surface area contributed by atoms with Gasteiger partial charge in [-0.3, -0.25) is 0 Å². The Morgan fingerprint density at radius 1 is 1.11 bits per heavy atom. The van der Waals surface area contributed by atoms with Crippen LogP contribution in [-0.2, 0) is 6.42 Å². The highest BCUT2D eigenvalue weighted by molar-refractivity contribution is 5.28. The zero-order chi connectivity index (χ0) is 13.2. The van der Waals surface area contributed by atoms with Gasteiger partial charge in [0.2, 0.25) is 0 Å². The molecule has 1 aromatic rings. The normalized spacial score (nSPS) is 10.9. The predicted octanol–water partition coefficient (Wildman–Crippen LogP) is 2.07. The van der Waals surface area contributed by atoms with Crippen molar-refractivity contribution in [1.29, 1.82) is 0 Å². The van der Waals surface area contributed by atoms with E-state index in [1.807, 2.05) is 12.1 Å². The summed E-state index contributed by atoms with van der Waals surface area (Å²) < 4.78 is 5.21. The van der Waals surface area contributed by atoms with Crippen LogP contribution in [0.2, 0.25) is 0 Å². The molecule has 3 nitrogen and oxygen atoms in total. The first-order valence-corrected chi connectivity index (χ1v) is 6.76. The number of hydrogen-bond acceptors (Lipinski definition) is 3. The van der Waals surface area contributed by atoms with Crippen LogP contribution in [0.1, 0.15) is 19.4 Å². The summed E-state index contributed by atoms with van der Waals surface area (Å²) in [4.78, 5) is 0. The van der Waals surface area contributed by atoms with E-state index < -0.39 is 0 Å². The summed E-state index contributed by atoms with van der Waals surface area (Å²) in [5.74, 6) is 1.66. The fourth-order valence-corrected chi connectivity index (χ4v) is 1.75. The standard InChI is InChI=1S/C15H26N2O/c1-13(2)12-17-10-9-16-8-7-14-5-4-6-15(11-14)18-3/h4-6,11,13,16-17H,7-10,12H2,1-3H3. The maximum absolute atomic E-state index is 5.21. The molecule has 0 aliphatic carbocycles. The highest BCUT2D eigenvalue weighted by Crippen LogP contribution is 2.12. The molecule has 3 heteroatoms. The molecule has 0 aliphatic rings. The molecule has 1 aromatic carbocycles. The molecule has 0 fully saturated rings. The SMILES string of the molecule is COc1cccc(CCNCCNCC(C)C)c1. The Morgan fingerprint density at radius 2 is 1.89 bits per heavy atom. The molecule has 0 saturated carbocycles. The molecule has 0 saturated heterocycles. The van der Waals surface area contributed by atoms with Crippen LogP contribution in [0, 0.1) is 5.92 Å². The molecule has 102 valence electrons. The van der Waals surface area contributed by atoms with E-state index in [0.717, 1.165) is 44.3 Å². The molecule has 0 aromatic heterocycles. The van der Waals surface area contributed by atoms with E-state index in [1.54, 1.807) is 7.11 Å². The highest BCUT2D eigenvalue weighted by atomic mass is 16.5. The van der Waals surface area contributed by atoms with Crippen LogP contribution in [0.4, 0.5) is 0 Å². The van der Waals surface area contributed by atoms with Gasteiger partial charge in [0, 0.05) is 13.1 Å². The van der Waals surface area contributed by atoms with Crippen molar-refractivity contribution >= 4 is 0 Å². The largest absolute Gasteiger partial charge is 0.497 e. The molecule has 0 heterocycles. The van der Waals surface area contributed by atoms with Gasteiger partial charge in [0.15, 0.2) is 0 Å². The molecule has 18 heavy (non-hydrogen) atoms. The van der Waals surface area contributed by atoms with E-state index in [4.69, 9.17) is 4.74 Å². The number of rotatable bonds is 9. The lowest BCUT2D eigenvalue weighted by Crippen LogP contribution is -2.30. The topological polar surface area (TPSA) is 33.3 Å². The molecule has 0 bridgehead atoms. The smallest absolute Gasteiger partial charge is 0.119 e. The number of ether oxygens (including phenoxy) is 1. The zero-order valence-electron chi connectivity index (χ0n) is 11.8. The fourth-order valence-electron chi connectivity index (χ4n) is 1.75. The summed E-state index contributed by atoms with van der Waals surface area (Å²) in [6, 6.07) is 8.25. The van der Waals surface area contributed by atoms with E-state index >= 15 is 0 Å². The minimum Gasteiger partial charge on any atom is -0.497 e. The van der Waals surface area contributed by atoms with Crippen molar-refractivity contribution in [1.82, 2.24) is 10.6 Å². The van der Waals surface area contributed by atoms with Crippen LogP contribution in [-0.4, -0.2) is 33.3 Å². The second-order valence-electron chi connectivity index (χ2n) is 4.95. The third-order valence-corrected chi connectivity index (χ3v) is 2.76. The first-order valence-electron chi connectivity index (χ1n) is 6.76. The molecule has 0 unspecified atom stereocenters. The molecule has 1 rings (SSSR count). The van der Waals surface area contributed by atoms with Gasteiger partial charge in [-0.05, 0) is 43.1 Å². The van der Waals surface area contributed by atoms with Gasteiger partial charge in [0.05, 0.1) is 7.11 Å². The number of methoxy groups -OCH3 is 1. The van der Waals surface area contributed by atoms with E-state index in [1.165, 1.54) is 5.56 Å². The van der Waals surface area contributed by atoms with Crippen LogP contribution in [0.3, 0.4) is 0 Å². The molecule has 0 spiro atoms. The van der Waals surface area contributed by atoms with Crippen LogP contribution in [0.5, 0.6) is 5.75 Å². The van der Waals surface area contributed by atoms with Crippen LogP contribution in [0.15, 0.2) is 24.3 Å². The van der Waals surface area contributed by atoms with Gasteiger partial charge in [0.25, 0.3) is 0 Å². The number of benzene rings is 1. The van der Waals surface area contributed by atoms with Crippen molar-refractivity contribution in [3.8, 4) is 5.75 Å². The van der Waals surface area contributed by atoms with Crippen LogP contribution < -0.4 is 15.4 Å². The van der Waals surface area contributed by atoms with Gasteiger partial charge >= 0.3 is 0 Å². The molecular formula is C15H26N2O. The maximum atomic E-state index is 5.21. The van der Waals surface area contributed by atoms with Crippen molar-refractivity contribution in [3.63, 3.8) is 0 Å². The Morgan fingerprint density at radius 3 is 2.61 bits per heavy atom. The summed E-state index contributed by atoms with van der Waals surface area (Å²) in [5.41, 5.74) is 1.32. The third kappa shape index (κ3) is 6.62. The summed E-state index contributed by atoms with van der Waals surface area (Å²) in [6.45, 7) is 8.62. The van der Waals surface area contributed by atoms with Crippen LogP contribution in [0.25, 0.3) is 0 Å². The Balaban J connectivity index is 2.06. The molecule has 0 aliphatic heterocycles. The third-order valence-electron chi connectivity index (χ3n) is 2.76. The lowest BCUT2D eigenvalue weighted by molar-refractivity contribution is 0.414. The Kier molecular flexibility index (Phi) is 7.46. The van der Waals surface area contributed by atoms with Gasteiger partial charge < -0.3 is 15.4 Å². The average Bonchev–Trinajstić information content (AvgIpc) is 2.37. The Hall–Kier alpha value is -1.06. The second-order valence-corrected chi connectivity index (χ2v) is 4.95. The minimum atomic E-state index is 0.724. The first-order chi connectivity index (χ1) is 8.72. The van der Waals surface area contributed by atoms with Crippen LogP contribution >= 0.6 is 0 Å². The van der Waals surface area contributed by atoms with Crippen molar-refractivity contribution in [3.05, 3.63) is 29.8 Å². The average molecular weight is 250 g/mol. The van der Waals surface area contributed by atoms with Gasteiger partial charge in [-0.2, -0.15) is 0 Å². The molecule has 0 atom stereocenters. The van der Waals surface area contributed by atoms with Crippen molar-refractivity contribution < 1.29 is 4.74 Å². The van der Waals surface area contributed by atoms with E-state index in [9.17, 15) is 0 Å². The van der Waals surface area contributed by atoms with E-state index in [2.05, 4.69) is 36.6 Å². The lowest BCUT2D eigenvalue weighted by Gasteiger charge is -2.09. The van der Waals surface area contributed by atoms with Crippen molar-refractivity contribution in [2.24, 2.45) is 5.92 Å². The van der Waals surface area contributed by atoms with Gasteiger partial charge in [-0.15, -0.1) is 0 Å². The van der Waals surface area contributed by atoms with E-state index in [-0.39, 0.29) is 0 Å². The number of hydrogen-bond donors (Lipinski definition) is 2. The van der Waals surface area contributed by atoms with Gasteiger partial charge in [0.1, 0.15) is 5.75 Å². The molecular weight excluding hydrogens is 224 g/mol. The van der Waals surface area contributed by atoms with Crippen molar-refractivity contribution in [2.45, 2.75) is 20.3 Å². The molecule has 0 amide bonds. The lowest BCUT2D eigenvalue weighted by atomic mass is 10.1. The predicted molar refractivity (Wildman–Crippen MR) is 77.3 cm³/mol. The van der Waals surface area contributed by atoms with Crippen molar-refractivity contribution in [2.75, 3.05) is 33.3 Å². The molecule has 2 N–H and O–H groups in total. The summed E-state index contributed by atoms with van der Waals surface area (Å²) >= 11 is 0. The Labute approximate surface area is 111 Å². The zero-order valence-corrected chi connectivity index (χ0v) is 11.8. The quantitative estimate of drug-likeness (QED) is 0.658. The minimum absolute atomic E-state index is 0.724. The monoisotopic (exact) mass is 250 g/mol. The maximum Gasteiger partial charge on any atom is 0.119 e. The van der Waals surface area contributed by atoms with E-state index in [0.29, 0.717) is 0 Å². The van der Waals surface area contributed by atoms with Gasteiger partial charge in [-0.25, -0.2) is 0 Å². The summed E-state index contributed by atoms with van der Waals surface area (Å²) in [5, 5.41) is 6.86. The fraction of sp³-hybridized carbons (Fsp3) is 0.600. The second kappa shape index (κ2) is 8.95.